The number of hydroxylamine groups is 2. The molecule has 0 aromatic heterocycles. The lowest BCUT2D eigenvalue weighted by molar-refractivity contribution is -0.263. The number of urea groups is 1. The fourth-order valence-electron chi connectivity index (χ4n) is 0.288. The highest BCUT2D eigenvalue weighted by Crippen LogP contribution is 1.87. The van der Waals surface area contributed by atoms with Crippen molar-refractivity contribution in [1.29, 1.82) is 0 Å². The van der Waals surface area contributed by atoms with E-state index in [1.54, 1.807) is 6.92 Å². The first-order valence-corrected chi connectivity index (χ1v) is 2.52. The van der Waals surface area contributed by atoms with Crippen LogP contribution in [-0.2, 0) is 0 Å². The summed E-state index contributed by atoms with van der Waals surface area (Å²) in [6.07, 6.45) is 0. The Morgan fingerprint density at radius 3 is 2.11 bits per heavy atom. The molecule has 0 aliphatic heterocycles. The van der Waals surface area contributed by atoms with Crippen molar-refractivity contribution < 1.29 is 15.2 Å². The van der Waals surface area contributed by atoms with Gasteiger partial charge in [-0.15, -0.1) is 0 Å². The highest BCUT2D eigenvalue weighted by molar-refractivity contribution is 5.71. The van der Waals surface area contributed by atoms with E-state index in [1.165, 1.54) is 7.05 Å². The lowest BCUT2D eigenvalue weighted by Crippen LogP contribution is -2.36. The van der Waals surface area contributed by atoms with Gasteiger partial charge in [-0.05, 0) is 6.92 Å². The normalized spacial score (nSPS) is 8.89. The summed E-state index contributed by atoms with van der Waals surface area (Å²) in [4.78, 5) is 11.6. The van der Waals surface area contributed by atoms with Crippen molar-refractivity contribution in [1.82, 2.24) is 10.1 Å². The monoisotopic (exact) mass is 134 g/mol. The van der Waals surface area contributed by atoms with Gasteiger partial charge in [0.15, 0.2) is 0 Å². The summed E-state index contributed by atoms with van der Waals surface area (Å²) in [6, 6.07) is -0.836. The van der Waals surface area contributed by atoms with Crippen LogP contribution in [0.1, 0.15) is 6.92 Å². The van der Waals surface area contributed by atoms with Crippen LogP contribution in [0.3, 0.4) is 0 Å². The third-order valence-corrected chi connectivity index (χ3v) is 0.972. The van der Waals surface area contributed by atoms with Gasteiger partial charge in [-0.25, -0.2) is 4.79 Å². The van der Waals surface area contributed by atoms with E-state index in [4.69, 9.17) is 10.4 Å². The minimum atomic E-state index is -0.836. The molecule has 0 aliphatic carbocycles. The summed E-state index contributed by atoms with van der Waals surface area (Å²) in [6.45, 7) is 2.16. The van der Waals surface area contributed by atoms with E-state index in [9.17, 15) is 4.79 Å². The Morgan fingerprint density at radius 1 is 1.56 bits per heavy atom. The number of hydrogen-bond donors (Lipinski definition) is 2. The Kier molecular flexibility index (Phi) is 2.97. The number of nitrogens with zero attached hydrogens (tertiary/aromatic N) is 2. The molecule has 0 aromatic carbocycles. The van der Waals surface area contributed by atoms with Crippen LogP contribution in [0.5, 0.6) is 0 Å². The molecular formula is C4H10N2O3. The zero-order valence-electron chi connectivity index (χ0n) is 5.40. The Bertz CT molecular complexity index is 104. The maximum absolute atomic E-state index is 10.4. The topological polar surface area (TPSA) is 64.0 Å². The molecule has 0 aliphatic rings. The van der Waals surface area contributed by atoms with Crippen LogP contribution in [-0.4, -0.2) is 40.2 Å². The summed E-state index contributed by atoms with van der Waals surface area (Å²) in [5, 5.41) is 15.8. The standard InChI is InChI=1S/C4H10N2O3/c1-3-5(2)4(7)6(8)9/h8-9H,3H2,1-2H3. The predicted molar refractivity (Wildman–Crippen MR) is 29.1 cm³/mol. The molecule has 0 saturated heterocycles. The second-order valence-electron chi connectivity index (χ2n) is 1.59. The molecule has 0 fully saturated rings. The van der Waals surface area contributed by atoms with E-state index < -0.39 is 11.3 Å². The third-order valence-electron chi connectivity index (χ3n) is 0.972. The predicted octanol–water partition coefficient (Wildman–Crippen LogP) is 0.138. The molecule has 0 saturated carbocycles. The van der Waals surface area contributed by atoms with Crippen molar-refractivity contribution in [3.8, 4) is 0 Å². The number of rotatable bonds is 1. The van der Waals surface area contributed by atoms with E-state index in [0.717, 1.165) is 4.90 Å². The van der Waals surface area contributed by atoms with Gasteiger partial charge in [0.1, 0.15) is 0 Å². The molecule has 0 bridgehead atoms. The first kappa shape index (κ1) is 8.19. The van der Waals surface area contributed by atoms with Crippen LogP contribution in [0.15, 0.2) is 0 Å². The Morgan fingerprint density at radius 2 is 2.00 bits per heavy atom. The zero-order chi connectivity index (χ0) is 7.44. The van der Waals surface area contributed by atoms with Crippen LogP contribution in [0.4, 0.5) is 4.79 Å². The van der Waals surface area contributed by atoms with Crippen LogP contribution in [0.2, 0.25) is 0 Å². The lowest BCUT2D eigenvalue weighted by Gasteiger charge is -2.15. The van der Waals surface area contributed by atoms with Gasteiger partial charge in [0.05, 0.1) is 0 Å². The van der Waals surface area contributed by atoms with E-state index in [-0.39, 0.29) is 0 Å². The molecule has 9 heavy (non-hydrogen) atoms. The van der Waals surface area contributed by atoms with Gasteiger partial charge in [-0.1, -0.05) is 5.23 Å². The van der Waals surface area contributed by atoms with E-state index in [0.29, 0.717) is 6.54 Å². The third kappa shape index (κ3) is 2.29. The van der Waals surface area contributed by atoms with Crippen LogP contribution in [0, 0.1) is 0 Å². The summed E-state index contributed by atoms with van der Waals surface area (Å²) >= 11 is 0. The second kappa shape index (κ2) is 3.26. The number of carbonyl (C=O) groups excluding carboxylic acids is 1. The summed E-state index contributed by atoms with van der Waals surface area (Å²) in [5.74, 6) is 0. The van der Waals surface area contributed by atoms with E-state index in [1.807, 2.05) is 0 Å². The molecule has 5 heteroatoms. The molecule has 0 rings (SSSR count). The number of amides is 2. The smallest absolute Gasteiger partial charge is 0.324 e. The molecule has 0 radical (unpaired) electrons. The maximum atomic E-state index is 10.4. The van der Waals surface area contributed by atoms with Crippen molar-refractivity contribution in [3.05, 3.63) is 0 Å². The largest absolute Gasteiger partial charge is 0.368 e. The minimum absolute atomic E-state index is 0.441. The molecular weight excluding hydrogens is 124 g/mol. The first-order valence-electron chi connectivity index (χ1n) is 2.52. The fourth-order valence-corrected chi connectivity index (χ4v) is 0.288. The SMILES string of the molecule is CCN(C)C(=O)N(O)O. The minimum Gasteiger partial charge on any atom is -0.324 e. The molecule has 2 N–H and O–H groups in total. The summed E-state index contributed by atoms with van der Waals surface area (Å²) < 4.78 is 0. The maximum Gasteiger partial charge on any atom is 0.368 e. The van der Waals surface area contributed by atoms with E-state index in [2.05, 4.69) is 0 Å². The number of hydrogen-bond acceptors (Lipinski definition) is 3. The van der Waals surface area contributed by atoms with Crippen molar-refractivity contribution in [2.75, 3.05) is 13.6 Å². The van der Waals surface area contributed by atoms with Crippen molar-refractivity contribution in [3.63, 3.8) is 0 Å². The van der Waals surface area contributed by atoms with Crippen LogP contribution in [0.25, 0.3) is 0 Å². The molecule has 0 unspecified atom stereocenters. The highest BCUT2D eigenvalue weighted by Gasteiger charge is 2.10. The lowest BCUT2D eigenvalue weighted by atomic mass is 10.6. The second-order valence-corrected chi connectivity index (χ2v) is 1.59. The Hall–Kier alpha value is -0.810. The summed E-state index contributed by atoms with van der Waals surface area (Å²) in [5.41, 5.74) is 0. The van der Waals surface area contributed by atoms with Crippen LogP contribution < -0.4 is 0 Å². The molecule has 2 amide bonds. The van der Waals surface area contributed by atoms with Gasteiger partial charge in [0.2, 0.25) is 0 Å². The molecule has 0 spiro atoms. The summed E-state index contributed by atoms with van der Waals surface area (Å²) in [7, 11) is 1.46. The highest BCUT2D eigenvalue weighted by atomic mass is 16.8. The molecule has 0 heterocycles. The van der Waals surface area contributed by atoms with Gasteiger partial charge in [-0.3, -0.25) is 10.4 Å². The van der Waals surface area contributed by atoms with Gasteiger partial charge >= 0.3 is 6.03 Å². The molecule has 0 atom stereocenters. The first-order chi connectivity index (χ1) is 4.09. The Balaban J connectivity index is 3.73. The molecule has 5 nitrogen and oxygen atoms in total. The average molecular weight is 134 g/mol. The van der Waals surface area contributed by atoms with Crippen molar-refractivity contribution in [2.24, 2.45) is 0 Å². The molecule has 54 valence electrons. The molecule has 0 aromatic rings. The fraction of sp³-hybridized carbons (Fsp3) is 0.750. The van der Waals surface area contributed by atoms with Gasteiger partial charge in [0, 0.05) is 13.6 Å². The van der Waals surface area contributed by atoms with Gasteiger partial charge in [0.25, 0.3) is 0 Å². The number of carbonyl (C=O) groups is 1. The van der Waals surface area contributed by atoms with Crippen molar-refractivity contribution in [2.45, 2.75) is 6.92 Å². The average Bonchev–Trinajstić information content (AvgIpc) is 1.84. The van der Waals surface area contributed by atoms with Crippen LogP contribution >= 0.6 is 0 Å². The Labute approximate surface area is 53.0 Å². The zero-order valence-corrected chi connectivity index (χ0v) is 5.40. The van der Waals surface area contributed by atoms with E-state index >= 15 is 0 Å². The van der Waals surface area contributed by atoms with Crippen molar-refractivity contribution >= 4 is 6.03 Å². The quantitative estimate of drug-likeness (QED) is 0.396. The van der Waals surface area contributed by atoms with Gasteiger partial charge in [-0.2, -0.15) is 0 Å². The van der Waals surface area contributed by atoms with Gasteiger partial charge < -0.3 is 4.90 Å².